The van der Waals surface area contributed by atoms with Crippen LogP contribution < -0.4 is 0 Å². The van der Waals surface area contributed by atoms with E-state index in [-0.39, 0.29) is 61.5 Å². The third kappa shape index (κ3) is 4.69. The maximum absolute atomic E-state index is 11.1. The molecule has 1 aromatic carbocycles. The van der Waals surface area contributed by atoms with E-state index in [0.717, 1.165) is 0 Å². The van der Waals surface area contributed by atoms with Gasteiger partial charge in [0, 0.05) is 0 Å². The minimum absolute atomic E-state index is 0. The van der Waals surface area contributed by atoms with Crippen LogP contribution in [0, 0.1) is 0 Å². The molecular formula is C10H12BaO2. The third-order valence-electron chi connectivity index (χ3n) is 1.34. The molecule has 1 rings (SSSR count). The van der Waals surface area contributed by atoms with E-state index in [4.69, 9.17) is 4.74 Å². The number of carbonyl (C=O) groups is 1. The van der Waals surface area contributed by atoms with Crippen LogP contribution >= 0.6 is 0 Å². The summed E-state index contributed by atoms with van der Waals surface area (Å²) in [5.74, 6) is -0.310. The second-order valence-electron chi connectivity index (χ2n) is 2.25. The molecule has 66 valence electrons. The summed E-state index contributed by atoms with van der Waals surface area (Å²) in [4.78, 5) is 11.1. The van der Waals surface area contributed by atoms with Gasteiger partial charge in [-0.1, -0.05) is 30.9 Å². The Balaban J connectivity index is 0.00000144. The predicted octanol–water partition coefficient (Wildman–Crippen LogP) is 1.11. The molecule has 0 saturated carbocycles. The Kier molecular flexibility index (Phi) is 7.41. The van der Waals surface area contributed by atoms with Gasteiger partial charge in [0.05, 0.1) is 5.56 Å². The van der Waals surface area contributed by atoms with E-state index in [1.807, 2.05) is 6.07 Å². The first-order valence-electron chi connectivity index (χ1n) is 3.67. The van der Waals surface area contributed by atoms with Crippen LogP contribution in [0.1, 0.15) is 10.4 Å². The molecule has 0 spiro atoms. The molecule has 0 radical (unpaired) electrons. The van der Waals surface area contributed by atoms with E-state index in [1.54, 1.807) is 30.3 Å². The maximum atomic E-state index is 11.1. The van der Waals surface area contributed by atoms with Gasteiger partial charge in [-0.3, -0.25) is 0 Å². The van der Waals surface area contributed by atoms with Gasteiger partial charge >= 0.3 is 54.9 Å². The van der Waals surface area contributed by atoms with Gasteiger partial charge in [-0.2, -0.15) is 0 Å². The molecule has 0 aromatic heterocycles. The molecule has 0 aliphatic rings. The van der Waals surface area contributed by atoms with Crippen molar-refractivity contribution in [3.8, 4) is 0 Å². The van der Waals surface area contributed by atoms with Crippen molar-refractivity contribution in [1.29, 1.82) is 0 Å². The van der Waals surface area contributed by atoms with Gasteiger partial charge in [0.2, 0.25) is 0 Å². The van der Waals surface area contributed by atoms with Crippen LogP contribution in [0.5, 0.6) is 0 Å². The van der Waals surface area contributed by atoms with Crippen molar-refractivity contribution in [1.82, 2.24) is 0 Å². The second kappa shape index (κ2) is 7.41. The van der Waals surface area contributed by atoms with E-state index in [1.165, 1.54) is 0 Å². The van der Waals surface area contributed by atoms with Gasteiger partial charge in [0.25, 0.3) is 0 Å². The zero-order valence-electron chi connectivity index (χ0n) is 6.69. The van der Waals surface area contributed by atoms with E-state index in [2.05, 4.69) is 6.58 Å². The number of hydrogen-bond acceptors (Lipinski definition) is 2. The first-order chi connectivity index (χ1) is 5.84. The Morgan fingerprint density at radius 3 is 2.54 bits per heavy atom. The standard InChI is InChI=1S/C10H10O2.Ba.2H/c1-2-8-12-10(11)9-6-4-3-5-7-9;;;/h2-7H,1,8H2;;;. The van der Waals surface area contributed by atoms with Gasteiger partial charge in [0.1, 0.15) is 6.61 Å². The van der Waals surface area contributed by atoms with Crippen LogP contribution in [0.15, 0.2) is 43.0 Å². The van der Waals surface area contributed by atoms with Crippen molar-refractivity contribution >= 4 is 54.9 Å². The number of carbonyl (C=O) groups excluding carboxylic acids is 1. The molecule has 0 N–H and O–H groups in total. The van der Waals surface area contributed by atoms with E-state index >= 15 is 0 Å². The van der Waals surface area contributed by atoms with Crippen molar-refractivity contribution in [2.45, 2.75) is 0 Å². The summed E-state index contributed by atoms with van der Waals surface area (Å²) in [5, 5.41) is 0. The molecule has 1 aromatic rings. The number of rotatable bonds is 3. The Morgan fingerprint density at radius 1 is 1.38 bits per heavy atom. The summed E-state index contributed by atoms with van der Waals surface area (Å²) in [7, 11) is 0. The molecule has 0 saturated heterocycles. The zero-order chi connectivity index (χ0) is 8.81. The van der Waals surface area contributed by atoms with E-state index < -0.39 is 0 Å². The van der Waals surface area contributed by atoms with Gasteiger partial charge in [-0.25, -0.2) is 4.79 Å². The van der Waals surface area contributed by atoms with E-state index in [9.17, 15) is 4.79 Å². The summed E-state index contributed by atoms with van der Waals surface area (Å²) in [6, 6.07) is 8.87. The molecule has 0 aliphatic carbocycles. The fourth-order valence-electron chi connectivity index (χ4n) is 0.792. The van der Waals surface area contributed by atoms with Gasteiger partial charge in [-0.15, -0.1) is 0 Å². The first kappa shape index (κ1) is 13.0. The molecule has 0 heterocycles. The van der Waals surface area contributed by atoms with Crippen LogP contribution in [0.25, 0.3) is 0 Å². The predicted molar refractivity (Wildman–Crippen MR) is 55.5 cm³/mol. The molecule has 3 heteroatoms. The fourth-order valence-corrected chi connectivity index (χ4v) is 0.792. The monoisotopic (exact) mass is 302 g/mol. The topological polar surface area (TPSA) is 26.3 Å². The van der Waals surface area contributed by atoms with E-state index in [0.29, 0.717) is 5.56 Å². The Morgan fingerprint density at radius 2 is 2.00 bits per heavy atom. The quantitative estimate of drug-likeness (QED) is 0.475. The summed E-state index contributed by atoms with van der Waals surface area (Å²) < 4.78 is 4.82. The fraction of sp³-hybridized carbons (Fsp3) is 0.100. The summed E-state index contributed by atoms with van der Waals surface area (Å²) >= 11 is 0. The average Bonchev–Trinajstić information content (AvgIpc) is 2.15. The van der Waals surface area contributed by atoms with Crippen LogP contribution in [0.2, 0.25) is 0 Å². The van der Waals surface area contributed by atoms with Crippen molar-refractivity contribution in [3.63, 3.8) is 0 Å². The van der Waals surface area contributed by atoms with Crippen molar-refractivity contribution in [2.75, 3.05) is 6.61 Å². The third-order valence-corrected chi connectivity index (χ3v) is 1.34. The molecular weight excluding hydrogens is 289 g/mol. The average molecular weight is 302 g/mol. The number of hydrogen-bond donors (Lipinski definition) is 0. The first-order valence-corrected chi connectivity index (χ1v) is 3.67. The van der Waals surface area contributed by atoms with Gasteiger partial charge in [0.15, 0.2) is 0 Å². The summed E-state index contributed by atoms with van der Waals surface area (Å²) in [6.45, 7) is 3.71. The molecule has 0 atom stereocenters. The molecule has 0 amide bonds. The van der Waals surface area contributed by atoms with Crippen molar-refractivity contribution in [3.05, 3.63) is 48.6 Å². The minimum atomic E-state index is -0.310. The Labute approximate surface area is 118 Å². The Hall–Kier alpha value is 0.00143. The number of ether oxygens (including phenoxy) is 1. The molecule has 0 aliphatic heterocycles. The van der Waals surface area contributed by atoms with Crippen molar-refractivity contribution < 1.29 is 9.53 Å². The second-order valence-corrected chi connectivity index (χ2v) is 2.25. The van der Waals surface area contributed by atoms with Crippen LogP contribution in [0.3, 0.4) is 0 Å². The molecule has 0 bridgehead atoms. The summed E-state index contributed by atoms with van der Waals surface area (Å²) in [5.41, 5.74) is 0.569. The van der Waals surface area contributed by atoms with Crippen molar-refractivity contribution in [2.24, 2.45) is 0 Å². The number of benzene rings is 1. The normalized spacial score (nSPS) is 8.31. The van der Waals surface area contributed by atoms with Gasteiger partial charge in [-0.05, 0) is 12.1 Å². The van der Waals surface area contributed by atoms with Crippen LogP contribution in [-0.4, -0.2) is 61.5 Å². The molecule has 2 nitrogen and oxygen atoms in total. The zero-order valence-corrected chi connectivity index (χ0v) is 6.69. The number of esters is 1. The molecule has 13 heavy (non-hydrogen) atoms. The van der Waals surface area contributed by atoms with Crippen LogP contribution in [-0.2, 0) is 4.74 Å². The van der Waals surface area contributed by atoms with Gasteiger partial charge < -0.3 is 4.74 Å². The molecule has 0 fully saturated rings. The SMILES string of the molecule is C=CCOC(=O)c1ccccc1.[BaH2]. The Bertz CT molecular complexity index is 270. The summed E-state index contributed by atoms with van der Waals surface area (Å²) in [6.07, 6.45) is 1.54. The molecule has 0 unspecified atom stereocenters. The van der Waals surface area contributed by atoms with Crippen LogP contribution in [0.4, 0.5) is 0 Å².